The molecule has 1 aromatic heterocycles. The molecule has 7 heteroatoms. The molecule has 2 rings (SSSR count). The lowest BCUT2D eigenvalue weighted by atomic mass is 10.3. The van der Waals surface area contributed by atoms with E-state index in [2.05, 4.69) is 4.98 Å². The highest BCUT2D eigenvalue weighted by Gasteiger charge is 2.19. The zero-order valence-electron chi connectivity index (χ0n) is 9.88. The van der Waals surface area contributed by atoms with Crippen LogP contribution in [0.1, 0.15) is 5.69 Å². The second kappa shape index (κ2) is 4.34. The van der Waals surface area contributed by atoms with Gasteiger partial charge < -0.3 is 9.72 Å². The van der Waals surface area contributed by atoms with Crippen LogP contribution >= 0.6 is 0 Å². The van der Waals surface area contributed by atoms with Gasteiger partial charge >= 0.3 is 5.69 Å². The third-order valence-electron chi connectivity index (χ3n) is 2.43. The van der Waals surface area contributed by atoms with E-state index in [0.717, 1.165) is 0 Å². The van der Waals surface area contributed by atoms with Crippen LogP contribution in [0.5, 0.6) is 5.75 Å². The number of hydrogen-bond acceptors (Lipinski definition) is 4. The Morgan fingerprint density at radius 1 is 1.22 bits per heavy atom. The van der Waals surface area contributed by atoms with Gasteiger partial charge in [-0.15, -0.1) is 0 Å². The first-order valence-corrected chi connectivity index (χ1v) is 6.57. The van der Waals surface area contributed by atoms with E-state index in [1.54, 1.807) is 6.92 Å². The van der Waals surface area contributed by atoms with Crippen molar-refractivity contribution in [1.82, 2.24) is 8.96 Å². The quantitative estimate of drug-likeness (QED) is 0.889. The SMILES string of the molecule is COc1ccc(S(=O)(=O)n2cc(C)[nH]c2=O)cc1. The third kappa shape index (κ3) is 2.04. The van der Waals surface area contributed by atoms with E-state index >= 15 is 0 Å². The summed E-state index contributed by atoms with van der Waals surface area (Å²) in [4.78, 5) is 13.9. The Bertz CT molecular complexity index is 710. The van der Waals surface area contributed by atoms with Gasteiger partial charge in [-0.1, -0.05) is 0 Å². The van der Waals surface area contributed by atoms with E-state index in [9.17, 15) is 13.2 Å². The molecule has 6 nitrogen and oxygen atoms in total. The molecular weight excluding hydrogens is 256 g/mol. The zero-order chi connectivity index (χ0) is 13.3. The average Bonchev–Trinajstić information content (AvgIpc) is 2.69. The Morgan fingerprint density at radius 2 is 1.83 bits per heavy atom. The summed E-state index contributed by atoms with van der Waals surface area (Å²) < 4.78 is 30.0. The number of hydrogen-bond donors (Lipinski definition) is 1. The summed E-state index contributed by atoms with van der Waals surface area (Å²) in [6.07, 6.45) is 1.25. The van der Waals surface area contributed by atoms with E-state index in [1.807, 2.05) is 0 Å². The van der Waals surface area contributed by atoms with Gasteiger partial charge in [0.25, 0.3) is 10.0 Å². The van der Waals surface area contributed by atoms with E-state index in [1.165, 1.54) is 37.6 Å². The molecule has 0 saturated carbocycles. The van der Waals surface area contributed by atoms with Gasteiger partial charge in [0.1, 0.15) is 5.75 Å². The van der Waals surface area contributed by atoms with Gasteiger partial charge in [0.2, 0.25) is 0 Å². The molecule has 0 fully saturated rings. The molecule has 0 radical (unpaired) electrons. The van der Waals surface area contributed by atoms with Gasteiger partial charge in [-0.25, -0.2) is 13.2 Å². The summed E-state index contributed by atoms with van der Waals surface area (Å²) in [5, 5.41) is 0. The van der Waals surface area contributed by atoms with Gasteiger partial charge in [-0.3, -0.25) is 0 Å². The van der Waals surface area contributed by atoms with Crippen LogP contribution in [-0.2, 0) is 10.0 Å². The summed E-state index contributed by atoms with van der Waals surface area (Å²) in [5.74, 6) is 0.548. The molecular formula is C11H12N2O4S. The number of imidazole rings is 1. The number of aryl methyl sites for hydroxylation is 1. The van der Waals surface area contributed by atoms with Gasteiger partial charge in [0, 0.05) is 11.9 Å². The average molecular weight is 268 g/mol. The number of nitrogens with one attached hydrogen (secondary N) is 1. The van der Waals surface area contributed by atoms with Crippen molar-refractivity contribution in [3.63, 3.8) is 0 Å². The molecule has 0 amide bonds. The standard InChI is InChI=1S/C11H12N2O4S/c1-8-7-13(11(14)12-8)18(15,16)10-5-3-9(17-2)4-6-10/h3-7H,1-2H3,(H,12,14). The minimum Gasteiger partial charge on any atom is -0.497 e. The lowest BCUT2D eigenvalue weighted by Crippen LogP contribution is -2.24. The van der Waals surface area contributed by atoms with Crippen molar-refractivity contribution in [2.24, 2.45) is 0 Å². The Morgan fingerprint density at radius 3 is 2.28 bits per heavy atom. The van der Waals surface area contributed by atoms with E-state index in [4.69, 9.17) is 4.74 Å². The summed E-state index contributed by atoms with van der Waals surface area (Å²) >= 11 is 0. The number of aromatic nitrogens is 2. The van der Waals surface area contributed by atoms with Gasteiger partial charge in [0.05, 0.1) is 12.0 Å². The molecule has 1 heterocycles. The van der Waals surface area contributed by atoms with Gasteiger partial charge in [-0.05, 0) is 31.2 Å². The first kappa shape index (κ1) is 12.4. The molecule has 1 aromatic carbocycles. The molecule has 0 bridgehead atoms. The maximum Gasteiger partial charge on any atom is 0.339 e. The fraction of sp³-hybridized carbons (Fsp3) is 0.182. The molecule has 0 saturated heterocycles. The summed E-state index contributed by atoms with van der Waals surface area (Å²) in [6.45, 7) is 1.61. The molecule has 0 unspecified atom stereocenters. The maximum atomic E-state index is 12.2. The van der Waals surface area contributed by atoms with Crippen LogP contribution in [0, 0.1) is 6.92 Å². The molecule has 0 spiro atoms. The predicted molar refractivity (Wildman–Crippen MR) is 65.4 cm³/mol. The molecule has 0 aliphatic heterocycles. The Hall–Kier alpha value is -2.02. The van der Waals surface area contributed by atoms with Crippen molar-refractivity contribution in [1.29, 1.82) is 0 Å². The van der Waals surface area contributed by atoms with Gasteiger partial charge in [-0.2, -0.15) is 3.97 Å². The zero-order valence-corrected chi connectivity index (χ0v) is 10.7. The summed E-state index contributed by atoms with van der Waals surface area (Å²) in [7, 11) is -2.37. The molecule has 18 heavy (non-hydrogen) atoms. The smallest absolute Gasteiger partial charge is 0.339 e. The van der Waals surface area contributed by atoms with E-state index in [-0.39, 0.29) is 4.90 Å². The highest BCUT2D eigenvalue weighted by molar-refractivity contribution is 7.90. The predicted octanol–water partition coefficient (Wildman–Crippen LogP) is 0.730. The number of benzene rings is 1. The Kier molecular flexibility index (Phi) is 3.00. The number of ether oxygens (including phenoxy) is 1. The van der Waals surface area contributed by atoms with Crippen LogP contribution in [0.2, 0.25) is 0 Å². The third-order valence-corrected chi connectivity index (χ3v) is 4.09. The van der Waals surface area contributed by atoms with Crippen LogP contribution in [0.3, 0.4) is 0 Å². The highest BCUT2D eigenvalue weighted by atomic mass is 32.2. The van der Waals surface area contributed by atoms with Crippen molar-refractivity contribution >= 4 is 10.0 Å². The molecule has 0 aliphatic rings. The summed E-state index contributed by atoms with van der Waals surface area (Å²) in [5.41, 5.74) is -0.194. The molecule has 1 N–H and O–H groups in total. The van der Waals surface area contributed by atoms with Crippen LogP contribution in [0.25, 0.3) is 0 Å². The van der Waals surface area contributed by atoms with Crippen molar-refractivity contribution in [2.75, 3.05) is 7.11 Å². The normalized spacial score (nSPS) is 11.4. The Balaban J connectivity index is 2.54. The van der Waals surface area contributed by atoms with Crippen LogP contribution in [-0.4, -0.2) is 24.5 Å². The highest BCUT2D eigenvalue weighted by Crippen LogP contribution is 2.17. The largest absolute Gasteiger partial charge is 0.497 e. The topological polar surface area (TPSA) is 81.2 Å². The first-order chi connectivity index (χ1) is 8.45. The van der Waals surface area contributed by atoms with E-state index < -0.39 is 15.7 Å². The monoisotopic (exact) mass is 268 g/mol. The second-order valence-corrected chi connectivity index (χ2v) is 5.53. The van der Waals surface area contributed by atoms with Crippen molar-refractivity contribution in [3.8, 4) is 5.75 Å². The fourth-order valence-corrected chi connectivity index (χ4v) is 2.80. The van der Waals surface area contributed by atoms with Crippen molar-refractivity contribution in [2.45, 2.75) is 11.8 Å². The Labute approximate surface area is 104 Å². The number of aromatic amines is 1. The van der Waals surface area contributed by atoms with Crippen molar-refractivity contribution < 1.29 is 13.2 Å². The van der Waals surface area contributed by atoms with Crippen molar-refractivity contribution in [3.05, 3.63) is 46.6 Å². The number of H-pyrrole nitrogens is 1. The second-order valence-electron chi connectivity index (χ2n) is 3.72. The maximum absolute atomic E-state index is 12.2. The molecule has 2 aromatic rings. The van der Waals surface area contributed by atoms with Crippen LogP contribution in [0.4, 0.5) is 0 Å². The lowest BCUT2D eigenvalue weighted by Gasteiger charge is -2.05. The minimum atomic E-state index is -3.86. The molecule has 96 valence electrons. The van der Waals surface area contributed by atoms with Gasteiger partial charge in [0.15, 0.2) is 0 Å². The van der Waals surface area contributed by atoms with Crippen LogP contribution in [0.15, 0.2) is 40.2 Å². The summed E-state index contributed by atoms with van der Waals surface area (Å²) in [6, 6.07) is 5.83. The van der Waals surface area contributed by atoms with Crippen LogP contribution < -0.4 is 10.4 Å². The lowest BCUT2D eigenvalue weighted by molar-refractivity contribution is 0.414. The fourth-order valence-electron chi connectivity index (χ4n) is 1.53. The number of methoxy groups -OCH3 is 1. The molecule has 0 atom stereocenters. The number of rotatable bonds is 3. The van der Waals surface area contributed by atoms with E-state index in [0.29, 0.717) is 15.4 Å². The molecule has 0 aliphatic carbocycles. The first-order valence-electron chi connectivity index (χ1n) is 5.13. The number of nitrogens with zero attached hydrogens (tertiary/aromatic N) is 1. The minimum absolute atomic E-state index is 0.0319.